The molecule has 0 aromatic carbocycles. The average molecular weight is 245 g/mol. The van der Waals surface area contributed by atoms with Crippen molar-refractivity contribution in [1.29, 1.82) is 0 Å². The average Bonchev–Trinajstić information content (AvgIpc) is 2.21. The first-order chi connectivity index (χ1) is 7.36. The highest BCUT2D eigenvalue weighted by Crippen LogP contribution is 2.42. The molecule has 0 aromatic rings. The van der Waals surface area contributed by atoms with E-state index in [1.54, 1.807) is 14.2 Å². The van der Waals surface area contributed by atoms with Crippen LogP contribution in [-0.4, -0.2) is 40.3 Å². The van der Waals surface area contributed by atoms with Crippen LogP contribution in [0.2, 0.25) is 0 Å². The molecule has 3 nitrogen and oxygen atoms in total. The van der Waals surface area contributed by atoms with Crippen LogP contribution in [0.25, 0.3) is 0 Å². The summed E-state index contributed by atoms with van der Waals surface area (Å²) in [6.07, 6.45) is 3.83. The summed E-state index contributed by atoms with van der Waals surface area (Å²) in [5.41, 5.74) is 0.462. The SMILES string of the molecule is CO[SiH](OC)N1CCCCC1(C)C(C)(C)C. The maximum atomic E-state index is 5.57. The first-order valence-corrected chi connectivity index (χ1v) is 7.65. The topological polar surface area (TPSA) is 21.7 Å². The van der Waals surface area contributed by atoms with Crippen molar-refractivity contribution in [2.45, 2.75) is 52.5 Å². The van der Waals surface area contributed by atoms with Crippen LogP contribution in [0.4, 0.5) is 0 Å². The molecule has 1 heterocycles. The molecule has 1 aliphatic heterocycles. The number of hydrogen-bond donors (Lipinski definition) is 0. The summed E-state index contributed by atoms with van der Waals surface area (Å²) >= 11 is 0. The van der Waals surface area contributed by atoms with E-state index in [-0.39, 0.29) is 11.0 Å². The molecule has 1 fully saturated rings. The monoisotopic (exact) mass is 245 g/mol. The van der Waals surface area contributed by atoms with Gasteiger partial charge in [0.1, 0.15) is 0 Å². The van der Waals surface area contributed by atoms with Crippen LogP contribution in [0.3, 0.4) is 0 Å². The van der Waals surface area contributed by atoms with Gasteiger partial charge in [0, 0.05) is 19.8 Å². The molecule has 0 saturated carbocycles. The van der Waals surface area contributed by atoms with Gasteiger partial charge < -0.3 is 8.85 Å². The molecule has 96 valence electrons. The van der Waals surface area contributed by atoms with Crippen molar-refractivity contribution in [2.75, 3.05) is 20.8 Å². The highest BCUT2D eigenvalue weighted by Gasteiger charge is 2.47. The number of nitrogens with zero attached hydrogens (tertiary/aromatic N) is 1. The summed E-state index contributed by atoms with van der Waals surface area (Å²) in [6, 6.07) is 0. The largest absolute Gasteiger partial charge is 0.410 e. The predicted molar refractivity (Wildman–Crippen MR) is 69.6 cm³/mol. The van der Waals surface area contributed by atoms with E-state index < -0.39 is 9.45 Å². The van der Waals surface area contributed by atoms with Gasteiger partial charge in [-0.15, -0.1) is 0 Å². The zero-order valence-corrected chi connectivity index (χ0v) is 12.8. The summed E-state index contributed by atoms with van der Waals surface area (Å²) in [4.78, 5) is 0. The lowest BCUT2D eigenvalue weighted by molar-refractivity contribution is 0.00194. The fourth-order valence-corrected chi connectivity index (χ4v) is 4.71. The van der Waals surface area contributed by atoms with Gasteiger partial charge in [0.05, 0.1) is 0 Å². The van der Waals surface area contributed by atoms with Crippen LogP contribution in [-0.2, 0) is 8.85 Å². The minimum atomic E-state index is -1.66. The van der Waals surface area contributed by atoms with E-state index in [1.807, 2.05) is 0 Å². The molecule has 0 spiro atoms. The van der Waals surface area contributed by atoms with Gasteiger partial charge in [-0.3, -0.25) is 4.57 Å². The molecule has 0 N–H and O–H groups in total. The minimum Gasteiger partial charge on any atom is -0.388 e. The molecule has 1 atom stereocenters. The fraction of sp³-hybridized carbons (Fsp3) is 1.00. The first kappa shape index (κ1) is 14.2. The lowest BCUT2D eigenvalue weighted by atomic mass is 9.70. The van der Waals surface area contributed by atoms with Gasteiger partial charge in [-0.05, 0) is 31.7 Å². The number of rotatable bonds is 3. The van der Waals surface area contributed by atoms with E-state index in [4.69, 9.17) is 8.85 Å². The highest BCUT2D eigenvalue weighted by atomic mass is 28.3. The molecule has 0 radical (unpaired) electrons. The van der Waals surface area contributed by atoms with Gasteiger partial charge in [-0.25, -0.2) is 0 Å². The molecule has 1 rings (SSSR count). The van der Waals surface area contributed by atoms with Crippen LogP contribution in [0.5, 0.6) is 0 Å². The van der Waals surface area contributed by atoms with E-state index in [0.29, 0.717) is 0 Å². The Labute approximate surface area is 102 Å². The Balaban J connectivity index is 2.94. The Bertz CT molecular complexity index is 226. The van der Waals surface area contributed by atoms with Crippen LogP contribution in [0.15, 0.2) is 0 Å². The maximum absolute atomic E-state index is 5.57. The van der Waals surface area contributed by atoms with Gasteiger partial charge in [-0.1, -0.05) is 27.2 Å². The van der Waals surface area contributed by atoms with Crippen molar-refractivity contribution < 1.29 is 8.85 Å². The third-order valence-corrected chi connectivity index (χ3v) is 6.36. The molecule has 0 bridgehead atoms. The summed E-state index contributed by atoms with van der Waals surface area (Å²) in [5.74, 6) is 0. The van der Waals surface area contributed by atoms with E-state index in [0.717, 1.165) is 6.54 Å². The molecule has 1 unspecified atom stereocenters. The third-order valence-electron chi connectivity index (χ3n) is 4.22. The Hall–Kier alpha value is 0.0969. The molecule has 1 aliphatic rings. The van der Waals surface area contributed by atoms with E-state index in [9.17, 15) is 0 Å². The van der Waals surface area contributed by atoms with E-state index in [2.05, 4.69) is 32.3 Å². The lowest BCUT2D eigenvalue weighted by Gasteiger charge is -2.54. The second-order valence-corrected chi connectivity index (χ2v) is 8.13. The van der Waals surface area contributed by atoms with Crippen molar-refractivity contribution in [2.24, 2.45) is 5.41 Å². The zero-order chi connectivity index (χ0) is 12.4. The molecule has 0 aromatic heterocycles. The molecular formula is C12H27NO2Si. The van der Waals surface area contributed by atoms with E-state index >= 15 is 0 Å². The summed E-state index contributed by atoms with van der Waals surface area (Å²) in [7, 11) is 1.89. The van der Waals surface area contributed by atoms with Crippen molar-refractivity contribution in [3.8, 4) is 0 Å². The molecule has 1 saturated heterocycles. The Morgan fingerprint density at radius 3 is 2.12 bits per heavy atom. The summed E-state index contributed by atoms with van der Waals surface area (Å²) in [5, 5.41) is 0. The lowest BCUT2D eigenvalue weighted by Crippen LogP contribution is -2.63. The highest BCUT2D eigenvalue weighted by molar-refractivity contribution is 6.41. The minimum absolute atomic E-state index is 0.203. The maximum Gasteiger partial charge on any atom is 0.410 e. The standard InChI is InChI=1S/C12H27NO2Si/c1-11(2,3)12(4)9-7-8-10-13(12)16(14-5)15-6/h16H,7-10H2,1-6H3. The van der Waals surface area contributed by atoms with E-state index in [1.165, 1.54) is 19.3 Å². The van der Waals surface area contributed by atoms with Crippen molar-refractivity contribution >= 4 is 9.45 Å². The van der Waals surface area contributed by atoms with Crippen LogP contribution >= 0.6 is 0 Å². The van der Waals surface area contributed by atoms with Crippen molar-refractivity contribution in [3.05, 3.63) is 0 Å². The second kappa shape index (κ2) is 5.17. The van der Waals surface area contributed by atoms with Crippen LogP contribution in [0, 0.1) is 5.41 Å². The quantitative estimate of drug-likeness (QED) is 0.712. The smallest absolute Gasteiger partial charge is 0.388 e. The Morgan fingerprint density at radius 1 is 1.12 bits per heavy atom. The van der Waals surface area contributed by atoms with Crippen molar-refractivity contribution in [1.82, 2.24) is 4.57 Å². The van der Waals surface area contributed by atoms with Gasteiger partial charge in [0.2, 0.25) is 0 Å². The van der Waals surface area contributed by atoms with Crippen LogP contribution in [0.1, 0.15) is 47.0 Å². The first-order valence-electron chi connectivity index (χ1n) is 6.19. The third kappa shape index (κ3) is 2.50. The molecule has 0 amide bonds. The number of piperidine rings is 1. The number of hydrogen-bond acceptors (Lipinski definition) is 3. The Morgan fingerprint density at radius 2 is 1.69 bits per heavy atom. The van der Waals surface area contributed by atoms with Crippen LogP contribution < -0.4 is 0 Å². The van der Waals surface area contributed by atoms with Gasteiger partial charge in [0.15, 0.2) is 0 Å². The second-order valence-electron chi connectivity index (χ2n) is 5.95. The van der Waals surface area contributed by atoms with Gasteiger partial charge >= 0.3 is 9.45 Å². The summed E-state index contributed by atoms with van der Waals surface area (Å²) in [6.45, 7) is 10.4. The molecule has 16 heavy (non-hydrogen) atoms. The zero-order valence-electron chi connectivity index (χ0n) is 11.7. The molecule has 0 aliphatic carbocycles. The van der Waals surface area contributed by atoms with Gasteiger partial charge in [0.25, 0.3) is 0 Å². The predicted octanol–water partition coefficient (Wildman–Crippen LogP) is 2.29. The Kier molecular flexibility index (Phi) is 4.57. The van der Waals surface area contributed by atoms with Crippen molar-refractivity contribution in [3.63, 3.8) is 0 Å². The van der Waals surface area contributed by atoms with Gasteiger partial charge in [-0.2, -0.15) is 0 Å². The molecular weight excluding hydrogens is 218 g/mol. The fourth-order valence-electron chi connectivity index (χ4n) is 2.64. The molecule has 4 heteroatoms. The normalized spacial score (nSPS) is 28.7. The summed E-state index contributed by atoms with van der Waals surface area (Å²) < 4.78 is 13.7.